The maximum Gasteiger partial charge on any atom is -0.00518 e. The van der Waals surface area contributed by atoms with Gasteiger partial charge in [-0.2, -0.15) is 0 Å². The zero-order chi connectivity index (χ0) is 11.9. The van der Waals surface area contributed by atoms with Crippen molar-refractivity contribution in [2.24, 2.45) is 17.3 Å². The smallest absolute Gasteiger partial charge is 0.00518 e. The number of hydrogen-bond acceptors (Lipinski definition) is 1. The highest BCUT2D eigenvalue weighted by atomic mass is 14.8. The molecule has 0 amide bonds. The monoisotopic (exact) mass is 213 g/mol. The highest BCUT2D eigenvalue weighted by Gasteiger charge is 2.21. The van der Waals surface area contributed by atoms with Crippen molar-refractivity contribution < 1.29 is 0 Å². The number of nitrogens with one attached hydrogen (secondary N) is 1. The molecule has 15 heavy (non-hydrogen) atoms. The lowest BCUT2D eigenvalue weighted by Gasteiger charge is -2.30. The second-order valence-corrected chi connectivity index (χ2v) is 6.32. The lowest BCUT2D eigenvalue weighted by Crippen LogP contribution is -2.19. The third-order valence-electron chi connectivity index (χ3n) is 2.99. The van der Waals surface area contributed by atoms with Crippen LogP contribution in [0.15, 0.2) is 0 Å². The van der Waals surface area contributed by atoms with Gasteiger partial charge in [0.1, 0.15) is 0 Å². The molecule has 1 N–H and O–H groups in total. The van der Waals surface area contributed by atoms with Gasteiger partial charge in [0, 0.05) is 0 Å². The van der Waals surface area contributed by atoms with E-state index in [1.807, 2.05) is 7.05 Å². The molecule has 1 nitrogen and oxygen atoms in total. The molecule has 1 unspecified atom stereocenters. The Kier molecular flexibility index (Phi) is 7.25. The van der Waals surface area contributed by atoms with Crippen LogP contribution in [0.3, 0.4) is 0 Å². The van der Waals surface area contributed by atoms with E-state index in [9.17, 15) is 0 Å². The van der Waals surface area contributed by atoms with Crippen LogP contribution < -0.4 is 5.32 Å². The summed E-state index contributed by atoms with van der Waals surface area (Å²) in [6, 6.07) is 0. The summed E-state index contributed by atoms with van der Waals surface area (Å²) in [5, 5.41) is 3.22. The zero-order valence-corrected chi connectivity index (χ0v) is 11.7. The van der Waals surface area contributed by atoms with Crippen LogP contribution in [0.4, 0.5) is 0 Å². The van der Waals surface area contributed by atoms with Gasteiger partial charge in [0.25, 0.3) is 0 Å². The highest BCUT2D eigenvalue weighted by molar-refractivity contribution is 4.73. The molecular formula is C14H31N. The van der Waals surface area contributed by atoms with Gasteiger partial charge in [-0.05, 0) is 56.5 Å². The average Bonchev–Trinajstić information content (AvgIpc) is 2.00. The Labute approximate surface area is 97.0 Å². The summed E-state index contributed by atoms with van der Waals surface area (Å²) in [6.07, 6.45) is 5.40. The first-order valence-corrected chi connectivity index (χ1v) is 6.52. The topological polar surface area (TPSA) is 12.0 Å². The number of rotatable bonds is 8. The van der Waals surface area contributed by atoms with Crippen molar-refractivity contribution >= 4 is 0 Å². The molecule has 0 aliphatic carbocycles. The third-order valence-corrected chi connectivity index (χ3v) is 2.99. The second kappa shape index (κ2) is 7.27. The quantitative estimate of drug-likeness (QED) is 0.599. The maximum atomic E-state index is 3.22. The first-order valence-electron chi connectivity index (χ1n) is 6.52. The van der Waals surface area contributed by atoms with Gasteiger partial charge in [-0.25, -0.2) is 0 Å². The van der Waals surface area contributed by atoms with Crippen molar-refractivity contribution in [3.8, 4) is 0 Å². The number of hydrogen-bond donors (Lipinski definition) is 1. The molecule has 0 saturated carbocycles. The fourth-order valence-corrected chi connectivity index (χ4v) is 2.86. The van der Waals surface area contributed by atoms with Gasteiger partial charge in [0.2, 0.25) is 0 Å². The SMILES string of the molecule is CNCCCC(C)CC(C)(C)CC(C)C. The molecule has 0 aromatic rings. The largest absolute Gasteiger partial charge is 0.320 e. The Morgan fingerprint density at radius 3 is 2.13 bits per heavy atom. The molecule has 92 valence electrons. The summed E-state index contributed by atoms with van der Waals surface area (Å²) in [6.45, 7) is 13.1. The molecule has 0 fully saturated rings. The summed E-state index contributed by atoms with van der Waals surface area (Å²) in [5.74, 6) is 1.69. The van der Waals surface area contributed by atoms with Crippen molar-refractivity contribution in [3.05, 3.63) is 0 Å². The first kappa shape index (κ1) is 15.0. The second-order valence-electron chi connectivity index (χ2n) is 6.32. The van der Waals surface area contributed by atoms with Crippen LogP contribution in [0.25, 0.3) is 0 Å². The Morgan fingerprint density at radius 1 is 1.07 bits per heavy atom. The Bertz CT molecular complexity index is 149. The van der Waals surface area contributed by atoms with E-state index in [1.165, 1.54) is 25.7 Å². The molecule has 0 bridgehead atoms. The third kappa shape index (κ3) is 8.92. The van der Waals surface area contributed by atoms with Gasteiger partial charge in [0.15, 0.2) is 0 Å². The van der Waals surface area contributed by atoms with E-state index in [4.69, 9.17) is 0 Å². The summed E-state index contributed by atoms with van der Waals surface area (Å²) in [5.41, 5.74) is 0.521. The van der Waals surface area contributed by atoms with E-state index in [0.29, 0.717) is 5.41 Å². The minimum atomic E-state index is 0.521. The van der Waals surface area contributed by atoms with Crippen LogP contribution in [0.1, 0.15) is 60.3 Å². The minimum Gasteiger partial charge on any atom is -0.320 e. The van der Waals surface area contributed by atoms with Gasteiger partial charge in [0.05, 0.1) is 0 Å². The van der Waals surface area contributed by atoms with Crippen molar-refractivity contribution in [1.29, 1.82) is 0 Å². The molecule has 0 radical (unpaired) electrons. The molecule has 0 heterocycles. The van der Waals surface area contributed by atoms with Crippen molar-refractivity contribution in [2.75, 3.05) is 13.6 Å². The predicted molar refractivity (Wildman–Crippen MR) is 70.2 cm³/mol. The predicted octanol–water partition coefficient (Wildman–Crippen LogP) is 4.08. The molecule has 0 aromatic carbocycles. The van der Waals surface area contributed by atoms with Crippen molar-refractivity contribution in [1.82, 2.24) is 5.32 Å². The van der Waals surface area contributed by atoms with E-state index < -0.39 is 0 Å². The van der Waals surface area contributed by atoms with E-state index >= 15 is 0 Å². The lowest BCUT2D eigenvalue weighted by molar-refractivity contribution is 0.219. The van der Waals surface area contributed by atoms with Crippen LogP contribution in [0.2, 0.25) is 0 Å². The molecular weight excluding hydrogens is 182 g/mol. The average molecular weight is 213 g/mol. The van der Waals surface area contributed by atoms with Gasteiger partial charge >= 0.3 is 0 Å². The summed E-state index contributed by atoms with van der Waals surface area (Å²) >= 11 is 0. The fourth-order valence-electron chi connectivity index (χ4n) is 2.86. The van der Waals surface area contributed by atoms with Crippen LogP contribution in [-0.4, -0.2) is 13.6 Å². The normalized spacial score (nSPS) is 14.6. The van der Waals surface area contributed by atoms with Gasteiger partial charge < -0.3 is 5.32 Å². The van der Waals surface area contributed by atoms with Crippen LogP contribution in [0.5, 0.6) is 0 Å². The van der Waals surface area contributed by atoms with Crippen LogP contribution in [-0.2, 0) is 0 Å². The summed E-state index contributed by atoms with van der Waals surface area (Å²) in [4.78, 5) is 0. The van der Waals surface area contributed by atoms with E-state index in [-0.39, 0.29) is 0 Å². The summed E-state index contributed by atoms with van der Waals surface area (Å²) in [7, 11) is 2.04. The lowest BCUT2D eigenvalue weighted by atomic mass is 9.76. The van der Waals surface area contributed by atoms with E-state index in [0.717, 1.165) is 18.4 Å². The molecule has 0 rings (SSSR count). The fraction of sp³-hybridized carbons (Fsp3) is 1.00. The summed E-state index contributed by atoms with van der Waals surface area (Å²) < 4.78 is 0. The van der Waals surface area contributed by atoms with Crippen LogP contribution >= 0.6 is 0 Å². The molecule has 1 heteroatoms. The first-order chi connectivity index (χ1) is 6.87. The standard InChI is InChI=1S/C14H31N/c1-12(2)10-14(4,5)11-13(3)8-7-9-15-6/h12-13,15H,7-11H2,1-6H3. The molecule has 0 saturated heterocycles. The molecule has 1 atom stereocenters. The Balaban J connectivity index is 3.77. The Hall–Kier alpha value is -0.0400. The minimum absolute atomic E-state index is 0.521. The molecule has 0 aliphatic heterocycles. The Morgan fingerprint density at radius 2 is 1.67 bits per heavy atom. The van der Waals surface area contributed by atoms with E-state index in [2.05, 4.69) is 39.9 Å². The van der Waals surface area contributed by atoms with Gasteiger partial charge in [-0.1, -0.05) is 34.6 Å². The van der Waals surface area contributed by atoms with E-state index in [1.54, 1.807) is 0 Å². The highest BCUT2D eigenvalue weighted by Crippen LogP contribution is 2.33. The molecule has 0 spiro atoms. The van der Waals surface area contributed by atoms with Crippen LogP contribution in [0, 0.1) is 17.3 Å². The molecule has 0 aliphatic rings. The van der Waals surface area contributed by atoms with Gasteiger partial charge in [-0.3, -0.25) is 0 Å². The van der Waals surface area contributed by atoms with Crippen molar-refractivity contribution in [2.45, 2.75) is 60.3 Å². The maximum absolute atomic E-state index is 3.22. The molecule has 0 aromatic heterocycles. The van der Waals surface area contributed by atoms with Crippen molar-refractivity contribution in [3.63, 3.8) is 0 Å². The van der Waals surface area contributed by atoms with Gasteiger partial charge in [-0.15, -0.1) is 0 Å². The zero-order valence-electron chi connectivity index (χ0n) is 11.7.